The summed E-state index contributed by atoms with van der Waals surface area (Å²) in [4.78, 5) is 0. The number of hydrogen-bond donors (Lipinski definition) is 0. The molecule has 0 bridgehead atoms. The molecule has 0 amide bonds. The third kappa shape index (κ3) is 2.76. The predicted octanol–water partition coefficient (Wildman–Crippen LogP) is -1.26. The van der Waals surface area contributed by atoms with Crippen LogP contribution in [0.1, 0.15) is 0 Å². The molecule has 0 heterocycles. The summed E-state index contributed by atoms with van der Waals surface area (Å²) in [6.45, 7) is 0. The van der Waals surface area contributed by atoms with Gasteiger partial charge in [0, 0.05) is 0 Å². The van der Waals surface area contributed by atoms with Crippen molar-refractivity contribution < 1.29 is 0 Å². The van der Waals surface area contributed by atoms with Crippen molar-refractivity contribution in [1.29, 1.82) is 0 Å². The second-order valence-corrected chi connectivity index (χ2v) is 1.18. The molecular formula is B5S. The van der Waals surface area contributed by atoms with Gasteiger partial charge >= 0.3 is 47.0 Å². The molecule has 0 aliphatic carbocycles. The van der Waals surface area contributed by atoms with Crippen molar-refractivity contribution in [3.8, 4) is 0 Å². The minimum absolute atomic E-state index is 0.222. The molecular weight excluding hydrogens is 86.1 g/mol. The van der Waals surface area contributed by atoms with Crippen LogP contribution in [0.5, 0.6) is 0 Å². The molecule has 6 heteroatoms. The van der Waals surface area contributed by atoms with Crippen LogP contribution in [0.2, 0.25) is 0 Å². The van der Waals surface area contributed by atoms with E-state index < -0.39 is 0 Å². The molecule has 0 fully saturated rings. The molecule has 0 aliphatic rings. The Morgan fingerprint density at radius 1 is 1.67 bits per heavy atom. The van der Waals surface area contributed by atoms with Gasteiger partial charge in [0.25, 0.3) is 0 Å². The molecule has 5 radical (unpaired) electrons. The Kier molecular flexibility index (Phi) is 4.06. The fraction of sp³-hybridized carbons (Fsp3) is 0. The van der Waals surface area contributed by atoms with E-state index in [1.807, 2.05) is 0 Å². The third-order valence-corrected chi connectivity index (χ3v) is 0.694. The van der Waals surface area contributed by atoms with Gasteiger partial charge < -0.3 is 0 Å². The molecule has 0 aromatic carbocycles. The van der Waals surface area contributed by atoms with E-state index in [2.05, 4.69) is 12.1 Å². The van der Waals surface area contributed by atoms with Crippen LogP contribution in [0.4, 0.5) is 0 Å². The van der Waals surface area contributed by atoms with Gasteiger partial charge in [-0.25, -0.2) is 0 Å². The minimum atomic E-state index is -0.222. The Bertz CT molecular complexity index is 41.2. The number of rotatable bonds is 2. The molecule has 0 rings (SSSR count). The van der Waals surface area contributed by atoms with Crippen molar-refractivity contribution in [2.24, 2.45) is 0 Å². The van der Waals surface area contributed by atoms with Gasteiger partial charge in [-0.15, -0.1) is 0 Å². The maximum atomic E-state index is 5.13. The van der Waals surface area contributed by atoms with Crippen molar-refractivity contribution in [1.82, 2.24) is 0 Å². The van der Waals surface area contributed by atoms with E-state index in [4.69, 9.17) is 15.5 Å². The molecule has 0 saturated heterocycles. The van der Waals surface area contributed by atoms with Crippen molar-refractivity contribution in [3.63, 3.8) is 0 Å². The first kappa shape index (κ1) is 6.54. The van der Waals surface area contributed by atoms with Gasteiger partial charge in [-0.2, -0.15) is 0 Å². The molecule has 0 aromatic rings. The Balaban J connectivity index is 2.96. The van der Waals surface area contributed by atoms with E-state index in [-0.39, 0.29) is 6.39 Å². The summed E-state index contributed by atoms with van der Waals surface area (Å²) in [5.74, 6) is 0. The van der Waals surface area contributed by atoms with E-state index in [1.165, 1.54) is 13.1 Å². The molecule has 0 saturated carbocycles. The molecule has 0 atom stereocenters. The number of hydrogen-bond acceptors (Lipinski definition) is 1. The summed E-state index contributed by atoms with van der Waals surface area (Å²) in [5, 5.41) is 0. The molecule has 21 valence electrons. The first-order chi connectivity index (χ1) is 2.81. The average molecular weight is 86.1 g/mol. The monoisotopic (exact) mass is 87.0 g/mol. The average Bonchev–Trinajstić information content (AvgIpc) is 1.65. The van der Waals surface area contributed by atoms with Crippen molar-refractivity contribution in [2.45, 2.75) is 0 Å². The van der Waals surface area contributed by atoms with Gasteiger partial charge in [0.05, 0.1) is 0 Å². The SMILES string of the molecule is [B][B]B([B])B=S. The van der Waals surface area contributed by atoms with Gasteiger partial charge in [-0.1, -0.05) is 0 Å². The van der Waals surface area contributed by atoms with Gasteiger partial charge in [0.2, 0.25) is 0 Å². The fourth-order valence-electron chi connectivity index (χ4n) is 0.0454. The van der Waals surface area contributed by atoms with E-state index >= 15 is 0 Å². The molecule has 6 heavy (non-hydrogen) atoms. The first-order valence-electron chi connectivity index (χ1n) is 1.57. The van der Waals surface area contributed by atoms with Crippen LogP contribution in [0.25, 0.3) is 0 Å². The quantitative estimate of drug-likeness (QED) is 0.378. The summed E-state index contributed by atoms with van der Waals surface area (Å²) < 4.78 is 0. The molecule has 0 nitrogen and oxygen atoms in total. The standard InChI is InChI=1S/B5S/c1-3-5(2)4-6. The third-order valence-electron chi connectivity index (χ3n) is 0.379. The van der Waals surface area contributed by atoms with Crippen LogP contribution < -0.4 is 0 Å². The van der Waals surface area contributed by atoms with Crippen molar-refractivity contribution in [2.75, 3.05) is 0 Å². The van der Waals surface area contributed by atoms with E-state index in [0.717, 1.165) is 0 Å². The Labute approximate surface area is 47.6 Å². The van der Waals surface area contributed by atoms with Crippen LogP contribution in [-0.2, 0) is 0 Å². The Morgan fingerprint density at radius 2 is 2.17 bits per heavy atom. The van der Waals surface area contributed by atoms with E-state index in [1.54, 1.807) is 0 Å². The molecule has 0 N–H and O–H groups in total. The molecule has 0 aromatic heterocycles. The van der Waals surface area contributed by atoms with Crippen LogP contribution in [0.15, 0.2) is 0 Å². The van der Waals surface area contributed by atoms with E-state index in [0.29, 0.717) is 0 Å². The summed E-state index contributed by atoms with van der Waals surface area (Å²) >= 11 is 4.41. The van der Waals surface area contributed by atoms with Gasteiger partial charge in [-0.05, 0) is 0 Å². The Hall–Kier alpha value is 0.545. The second-order valence-electron chi connectivity index (χ2n) is 0.906. The van der Waals surface area contributed by atoms with E-state index in [9.17, 15) is 0 Å². The fourth-order valence-corrected chi connectivity index (χ4v) is 0.136. The van der Waals surface area contributed by atoms with Crippen LogP contribution in [0.3, 0.4) is 0 Å². The summed E-state index contributed by atoms with van der Waals surface area (Å²) in [7, 11) is 11.4. The molecule has 0 unspecified atom stereocenters. The Morgan fingerprint density at radius 3 is 2.17 bits per heavy atom. The zero-order chi connectivity index (χ0) is 4.99. The topological polar surface area (TPSA) is 0 Å². The zero-order valence-electron chi connectivity index (χ0n) is 3.29. The van der Waals surface area contributed by atoms with Crippen molar-refractivity contribution in [3.05, 3.63) is 0 Å². The van der Waals surface area contributed by atoms with Crippen LogP contribution >= 0.6 is 12.1 Å². The van der Waals surface area contributed by atoms with Gasteiger partial charge in [-0.3, -0.25) is 0 Å². The normalized spacial score (nSPS) is 6.00. The zero-order valence-corrected chi connectivity index (χ0v) is 4.11. The van der Waals surface area contributed by atoms with Crippen LogP contribution in [-0.4, -0.2) is 35.0 Å². The summed E-state index contributed by atoms with van der Waals surface area (Å²) in [6, 6.07) is 1.40. The van der Waals surface area contributed by atoms with Crippen molar-refractivity contribution >= 4 is 47.0 Å². The first-order valence-corrected chi connectivity index (χ1v) is 2.04. The maximum absolute atomic E-state index is 5.13. The summed E-state index contributed by atoms with van der Waals surface area (Å²) in [6.07, 6.45) is -0.222. The molecule has 0 spiro atoms. The van der Waals surface area contributed by atoms with Gasteiger partial charge in [0.15, 0.2) is 0 Å². The van der Waals surface area contributed by atoms with Gasteiger partial charge in [0.1, 0.15) is 0 Å². The predicted molar refractivity (Wildman–Crippen MR) is 36.4 cm³/mol. The van der Waals surface area contributed by atoms with Crippen LogP contribution in [0, 0.1) is 0 Å². The summed E-state index contributed by atoms with van der Waals surface area (Å²) in [5.41, 5.74) is 0. The molecule has 0 aliphatic heterocycles. The second kappa shape index (κ2) is 3.73.